The molecule has 0 fully saturated rings. The lowest BCUT2D eigenvalue weighted by Gasteiger charge is -2.09. The summed E-state index contributed by atoms with van der Waals surface area (Å²) in [6.45, 7) is 2.18. The molecule has 0 spiro atoms. The van der Waals surface area contributed by atoms with Crippen LogP contribution in [0.5, 0.6) is 0 Å². The Hall–Kier alpha value is -0.320. The molecule has 1 aromatic heterocycles. The molecule has 0 bridgehead atoms. The SMILES string of the molecule is CC(CCO)Nc1ncc(Cl)s1. The summed E-state index contributed by atoms with van der Waals surface area (Å²) in [7, 11) is 0. The zero-order valence-electron chi connectivity index (χ0n) is 6.75. The number of hydrogen-bond acceptors (Lipinski definition) is 4. The van der Waals surface area contributed by atoms with Crippen LogP contribution in [0.2, 0.25) is 4.34 Å². The molecule has 0 radical (unpaired) electrons. The van der Waals surface area contributed by atoms with Crippen molar-refractivity contribution in [3.63, 3.8) is 0 Å². The van der Waals surface area contributed by atoms with Crippen LogP contribution in [-0.4, -0.2) is 22.7 Å². The summed E-state index contributed by atoms with van der Waals surface area (Å²) >= 11 is 7.09. The monoisotopic (exact) mass is 206 g/mol. The second-order valence-electron chi connectivity index (χ2n) is 2.53. The van der Waals surface area contributed by atoms with Gasteiger partial charge in [0.2, 0.25) is 0 Å². The number of anilines is 1. The van der Waals surface area contributed by atoms with E-state index in [0.717, 1.165) is 11.6 Å². The van der Waals surface area contributed by atoms with Gasteiger partial charge in [0, 0.05) is 12.6 Å². The van der Waals surface area contributed by atoms with Crippen LogP contribution in [0.25, 0.3) is 0 Å². The molecule has 0 aliphatic rings. The summed E-state index contributed by atoms with van der Waals surface area (Å²) in [5, 5.41) is 12.6. The molecule has 0 aliphatic carbocycles. The van der Waals surface area contributed by atoms with E-state index in [4.69, 9.17) is 16.7 Å². The van der Waals surface area contributed by atoms with Crippen molar-refractivity contribution in [3.05, 3.63) is 10.5 Å². The van der Waals surface area contributed by atoms with Gasteiger partial charge in [0.1, 0.15) is 4.34 Å². The van der Waals surface area contributed by atoms with Gasteiger partial charge in [0.25, 0.3) is 0 Å². The van der Waals surface area contributed by atoms with Crippen molar-refractivity contribution in [1.82, 2.24) is 4.98 Å². The van der Waals surface area contributed by atoms with Crippen molar-refractivity contribution in [2.24, 2.45) is 0 Å². The molecule has 5 heteroatoms. The minimum atomic E-state index is 0.188. The fraction of sp³-hybridized carbons (Fsp3) is 0.571. The predicted molar refractivity (Wildman–Crippen MR) is 51.9 cm³/mol. The van der Waals surface area contributed by atoms with Crippen LogP contribution in [0, 0.1) is 0 Å². The largest absolute Gasteiger partial charge is 0.396 e. The van der Waals surface area contributed by atoms with E-state index in [1.807, 2.05) is 6.92 Å². The maximum absolute atomic E-state index is 8.64. The van der Waals surface area contributed by atoms with Gasteiger partial charge in [-0.05, 0) is 13.3 Å². The maximum atomic E-state index is 8.64. The van der Waals surface area contributed by atoms with Gasteiger partial charge in [-0.25, -0.2) is 4.98 Å². The normalized spacial score (nSPS) is 12.9. The Morgan fingerprint density at radius 3 is 3.08 bits per heavy atom. The molecule has 1 rings (SSSR count). The number of hydrogen-bond donors (Lipinski definition) is 2. The minimum Gasteiger partial charge on any atom is -0.396 e. The number of thiazole rings is 1. The zero-order chi connectivity index (χ0) is 8.97. The second kappa shape index (κ2) is 4.64. The molecule has 1 aromatic rings. The van der Waals surface area contributed by atoms with E-state index in [-0.39, 0.29) is 12.6 Å². The number of nitrogens with one attached hydrogen (secondary N) is 1. The highest BCUT2D eigenvalue weighted by Crippen LogP contribution is 2.23. The highest BCUT2D eigenvalue weighted by molar-refractivity contribution is 7.19. The Labute approximate surface area is 80.4 Å². The van der Waals surface area contributed by atoms with Crippen molar-refractivity contribution >= 4 is 28.1 Å². The topological polar surface area (TPSA) is 45.1 Å². The molecule has 0 saturated carbocycles. The lowest BCUT2D eigenvalue weighted by atomic mass is 10.2. The molecule has 3 nitrogen and oxygen atoms in total. The Morgan fingerprint density at radius 1 is 1.83 bits per heavy atom. The highest BCUT2D eigenvalue weighted by Gasteiger charge is 2.03. The van der Waals surface area contributed by atoms with Crippen LogP contribution < -0.4 is 5.32 Å². The molecule has 12 heavy (non-hydrogen) atoms. The van der Waals surface area contributed by atoms with Gasteiger partial charge in [0.05, 0.1) is 6.20 Å². The molecule has 2 N–H and O–H groups in total. The predicted octanol–water partition coefficient (Wildman–Crippen LogP) is 1.98. The molecule has 0 saturated heterocycles. The van der Waals surface area contributed by atoms with Crippen LogP contribution in [-0.2, 0) is 0 Å². The van der Waals surface area contributed by atoms with E-state index < -0.39 is 0 Å². The molecule has 0 amide bonds. The summed E-state index contributed by atoms with van der Waals surface area (Å²) in [4.78, 5) is 4.03. The van der Waals surface area contributed by atoms with Gasteiger partial charge in [-0.3, -0.25) is 0 Å². The van der Waals surface area contributed by atoms with Crippen LogP contribution in [0.1, 0.15) is 13.3 Å². The average molecular weight is 207 g/mol. The first-order valence-corrected chi connectivity index (χ1v) is 4.90. The summed E-state index contributed by atoms with van der Waals surface area (Å²) in [5.41, 5.74) is 0. The zero-order valence-corrected chi connectivity index (χ0v) is 8.32. The summed E-state index contributed by atoms with van der Waals surface area (Å²) in [5.74, 6) is 0. The van der Waals surface area contributed by atoms with Crippen molar-refractivity contribution in [1.29, 1.82) is 0 Å². The summed E-state index contributed by atoms with van der Waals surface area (Å²) in [6.07, 6.45) is 2.33. The fourth-order valence-electron chi connectivity index (χ4n) is 0.798. The Morgan fingerprint density at radius 2 is 2.58 bits per heavy atom. The molecular formula is C7H11ClN2OS. The Balaban J connectivity index is 2.41. The average Bonchev–Trinajstić information content (AvgIpc) is 2.36. The van der Waals surface area contributed by atoms with E-state index in [9.17, 15) is 0 Å². The fourth-order valence-corrected chi connectivity index (χ4v) is 1.72. The third-order valence-corrected chi connectivity index (χ3v) is 2.46. The maximum Gasteiger partial charge on any atom is 0.184 e. The van der Waals surface area contributed by atoms with Crippen molar-refractivity contribution in [2.75, 3.05) is 11.9 Å². The third kappa shape index (κ3) is 2.97. The third-order valence-electron chi connectivity index (χ3n) is 1.41. The van der Waals surface area contributed by atoms with E-state index in [1.165, 1.54) is 11.3 Å². The summed E-state index contributed by atoms with van der Waals surface area (Å²) < 4.78 is 0.675. The van der Waals surface area contributed by atoms with Crippen LogP contribution in [0.15, 0.2) is 6.20 Å². The molecule has 68 valence electrons. The van der Waals surface area contributed by atoms with Gasteiger partial charge < -0.3 is 10.4 Å². The van der Waals surface area contributed by atoms with Gasteiger partial charge in [-0.1, -0.05) is 22.9 Å². The van der Waals surface area contributed by atoms with Crippen LogP contribution in [0.3, 0.4) is 0 Å². The molecule has 0 aliphatic heterocycles. The molecule has 0 aromatic carbocycles. The minimum absolute atomic E-state index is 0.188. The number of aliphatic hydroxyl groups is 1. The first-order chi connectivity index (χ1) is 5.72. The van der Waals surface area contributed by atoms with Crippen LogP contribution in [0.4, 0.5) is 5.13 Å². The second-order valence-corrected chi connectivity index (χ2v) is 4.19. The first-order valence-electron chi connectivity index (χ1n) is 3.71. The standard InChI is InChI=1S/C7H11ClN2OS/c1-5(2-3-11)10-7-9-4-6(8)12-7/h4-5,11H,2-3H2,1H3,(H,9,10). The molecular weight excluding hydrogens is 196 g/mol. The summed E-state index contributed by atoms with van der Waals surface area (Å²) in [6, 6.07) is 0.234. The van der Waals surface area contributed by atoms with Crippen molar-refractivity contribution < 1.29 is 5.11 Å². The first kappa shape index (κ1) is 9.77. The van der Waals surface area contributed by atoms with Crippen molar-refractivity contribution in [3.8, 4) is 0 Å². The van der Waals surface area contributed by atoms with E-state index in [2.05, 4.69) is 10.3 Å². The molecule has 1 heterocycles. The number of aromatic nitrogens is 1. The molecule has 1 atom stereocenters. The van der Waals surface area contributed by atoms with Gasteiger partial charge in [-0.2, -0.15) is 0 Å². The van der Waals surface area contributed by atoms with E-state index in [1.54, 1.807) is 6.20 Å². The number of halogens is 1. The lowest BCUT2D eigenvalue weighted by molar-refractivity contribution is 0.282. The Kier molecular flexibility index (Phi) is 3.78. The number of nitrogens with zero attached hydrogens (tertiary/aromatic N) is 1. The smallest absolute Gasteiger partial charge is 0.184 e. The van der Waals surface area contributed by atoms with Gasteiger partial charge in [-0.15, -0.1) is 0 Å². The number of rotatable bonds is 4. The van der Waals surface area contributed by atoms with Crippen LogP contribution >= 0.6 is 22.9 Å². The highest BCUT2D eigenvalue weighted by atomic mass is 35.5. The molecule has 1 unspecified atom stereocenters. The lowest BCUT2D eigenvalue weighted by Crippen LogP contribution is -2.16. The number of aliphatic hydroxyl groups excluding tert-OH is 1. The van der Waals surface area contributed by atoms with Gasteiger partial charge >= 0.3 is 0 Å². The van der Waals surface area contributed by atoms with Crippen molar-refractivity contribution in [2.45, 2.75) is 19.4 Å². The quantitative estimate of drug-likeness (QED) is 0.792. The van der Waals surface area contributed by atoms with E-state index >= 15 is 0 Å². The van der Waals surface area contributed by atoms with Gasteiger partial charge in [0.15, 0.2) is 5.13 Å². The van der Waals surface area contributed by atoms with E-state index in [0.29, 0.717) is 4.34 Å². The Bertz CT molecular complexity index is 241.